The van der Waals surface area contributed by atoms with Crippen molar-refractivity contribution in [2.75, 3.05) is 13.7 Å². The zero-order valence-corrected chi connectivity index (χ0v) is 9.40. The van der Waals surface area contributed by atoms with Gasteiger partial charge in [-0.25, -0.2) is 0 Å². The van der Waals surface area contributed by atoms with Gasteiger partial charge >= 0.3 is 0 Å². The molecule has 1 aromatic rings. The molecule has 86 valence electrons. The second-order valence-electron chi connectivity index (χ2n) is 3.08. The van der Waals surface area contributed by atoms with Crippen molar-refractivity contribution in [1.29, 1.82) is 0 Å². The van der Waals surface area contributed by atoms with E-state index in [1.165, 1.54) is 6.08 Å². The Kier molecular flexibility index (Phi) is 4.39. The summed E-state index contributed by atoms with van der Waals surface area (Å²) in [6.45, 7) is 2.45. The molecule has 0 aliphatic heterocycles. The molecule has 4 heteroatoms. The van der Waals surface area contributed by atoms with Crippen LogP contribution in [0.1, 0.15) is 12.5 Å². The number of benzene rings is 1. The fraction of sp³-hybridized carbons (Fsp3) is 0.250. The van der Waals surface area contributed by atoms with Gasteiger partial charge in [0.25, 0.3) is 0 Å². The van der Waals surface area contributed by atoms with Gasteiger partial charge in [0.05, 0.1) is 13.7 Å². The van der Waals surface area contributed by atoms with E-state index in [0.717, 1.165) is 5.56 Å². The summed E-state index contributed by atoms with van der Waals surface area (Å²) in [5.74, 6) is 0.837. The minimum absolute atomic E-state index is 0.478. The molecule has 0 saturated carbocycles. The molecular formula is C12H15NO3. The first-order valence-corrected chi connectivity index (χ1v) is 4.95. The number of primary amides is 1. The molecule has 0 radical (unpaired) electrons. The predicted octanol–water partition coefficient (Wildman–Crippen LogP) is 1.59. The Morgan fingerprint density at radius 2 is 2.19 bits per heavy atom. The fourth-order valence-corrected chi connectivity index (χ4v) is 1.24. The molecule has 2 N–H and O–H groups in total. The lowest BCUT2D eigenvalue weighted by atomic mass is 10.2. The van der Waals surface area contributed by atoms with Gasteiger partial charge in [-0.1, -0.05) is 6.07 Å². The van der Waals surface area contributed by atoms with Crippen molar-refractivity contribution < 1.29 is 14.3 Å². The molecule has 16 heavy (non-hydrogen) atoms. The molecule has 1 rings (SSSR count). The molecule has 0 spiro atoms. The Labute approximate surface area is 94.7 Å². The molecule has 0 bridgehead atoms. The molecule has 0 saturated heterocycles. The van der Waals surface area contributed by atoms with Crippen LogP contribution in [0.3, 0.4) is 0 Å². The number of carbonyl (C=O) groups excluding carboxylic acids is 1. The number of carbonyl (C=O) groups is 1. The van der Waals surface area contributed by atoms with Crippen LogP contribution in [0.25, 0.3) is 6.08 Å². The van der Waals surface area contributed by atoms with Crippen LogP contribution in [0.4, 0.5) is 0 Å². The van der Waals surface area contributed by atoms with Crippen molar-refractivity contribution in [1.82, 2.24) is 0 Å². The third kappa shape index (κ3) is 3.31. The highest BCUT2D eigenvalue weighted by molar-refractivity contribution is 5.90. The molecule has 0 heterocycles. The van der Waals surface area contributed by atoms with Crippen molar-refractivity contribution in [3.8, 4) is 11.5 Å². The van der Waals surface area contributed by atoms with Crippen LogP contribution in [-0.2, 0) is 4.79 Å². The van der Waals surface area contributed by atoms with Crippen LogP contribution in [0.5, 0.6) is 11.5 Å². The van der Waals surface area contributed by atoms with Gasteiger partial charge in [-0.15, -0.1) is 0 Å². The van der Waals surface area contributed by atoms with Crippen molar-refractivity contribution in [3.05, 3.63) is 29.8 Å². The van der Waals surface area contributed by atoms with Gasteiger partial charge in [-0.2, -0.15) is 0 Å². The van der Waals surface area contributed by atoms with Crippen LogP contribution >= 0.6 is 0 Å². The van der Waals surface area contributed by atoms with E-state index in [-0.39, 0.29) is 0 Å². The minimum atomic E-state index is -0.478. The van der Waals surface area contributed by atoms with E-state index in [4.69, 9.17) is 15.2 Å². The fourth-order valence-electron chi connectivity index (χ4n) is 1.24. The van der Waals surface area contributed by atoms with Crippen LogP contribution in [0, 0.1) is 0 Å². The molecule has 4 nitrogen and oxygen atoms in total. The summed E-state index contributed by atoms with van der Waals surface area (Å²) >= 11 is 0. The summed E-state index contributed by atoms with van der Waals surface area (Å²) in [5, 5.41) is 0. The average molecular weight is 221 g/mol. The normalized spacial score (nSPS) is 10.4. The summed E-state index contributed by atoms with van der Waals surface area (Å²) in [5.41, 5.74) is 5.85. The number of hydrogen-bond donors (Lipinski definition) is 1. The predicted molar refractivity (Wildman–Crippen MR) is 62.4 cm³/mol. The maximum absolute atomic E-state index is 10.6. The smallest absolute Gasteiger partial charge is 0.241 e. The second-order valence-corrected chi connectivity index (χ2v) is 3.08. The van der Waals surface area contributed by atoms with E-state index >= 15 is 0 Å². The van der Waals surface area contributed by atoms with Crippen LogP contribution < -0.4 is 15.2 Å². The lowest BCUT2D eigenvalue weighted by Crippen LogP contribution is -2.05. The number of ether oxygens (including phenoxy) is 2. The third-order valence-corrected chi connectivity index (χ3v) is 1.93. The lowest BCUT2D eigenvalue weighted by Gasteiger charge is -2.09. The number of rotatable bonds is 5. The second kappa shape index (κ2) is 5.80. The zero-order chi connectivity index (χ0) is 12.0. The van der Waals surface area contributed by atoms with Crippen molar-refractivity contribution in [2.24, 2.45) is 5.73 Å². The Bertz CT molecular complexity index is 399. The summed E-state index contributed by atoms with van der Waals surface area (Å²) in [6, 6.07) is 5.40. The molecule has 0 fully saturated rings. The van der Waals surface area contributed by atoms with E-state index in [1.807, 2.05) is 13.0 Å². The van der Waals surface area contributed by atoms with Gasteiger partial charge in [0.1, 0.15) is 0 Å². The first kappa shape index (κ1) is 12.1. The van der Waals surface area contributed by atoms with Crippen LogP contribution in [0.2, 0.25) is 0 Å². The minimum Gasteiger partial charge on any atom is -0.493 e. The Hall–Kier alpha value is -1.97. The van der Waals surface area contributed by atoms with Crippen molar-refractivity contribution in [2.45, 2.75) is 6.92 Å². The van der Waals surface area contributed by atoms with E-state index < -0.39 is 5.91 Å². The largest absolute Gasteiger partial charge is 0.493 e. The molecule has 0 aliphatic carbocycles. The van der Waals surface area contributed by atoms with E-state index in [2.05, 4.69) is 0 Å². The van der Waals surface area contributed by atoms with Crippen LogP contribution in [-0.4, -0.2) is 19.6 Å². The molecule has 0 atom stereocenters. The van der Waals surface area contributed by atoms with E-state index in [1.54, 1.807) is 25.3 Å². The summed E-state index contributed by atoms with van der Waals surface area (Å²) < 4.78 is 10.5. The van der Waals surface area contributed by atoms with Gasteiger partial charge in [0.15, 0.2) is 11.5 Å². The zero-order valence-electron chi connectivity index (χ0n) is 9.40. The van der Waals surface area contributed by atoms with E-state index in [9.17, 15) is 4.79 Å². The highest BCUT2D eigenvalue weighted by Crippen LogP contribution is 2.28. The van der Waals surface area contributed by atoms with Crippen molar-refractivity contribution in [3.63, 3.8) is 0 Å². The first-order valence-electron chi connectivity index (χ1n) is 4.95. The average Bonchev–Trinajstić information content (AvgIpc) is 2.27. The molecule has 1 aromatic carbocycles. The molecular weight excluding hydrogens is 206 g/mol. The molecule has 0 aromatic heterocycles. The maximum Gasteiger partial charge on any atom is 0.241 e. The van der Waals surface area contributed by atoms with Gasteiger partial charge < -0.3 is 15.2 Å². The topological polar surface area (TPSA) is 61.5 Å². The van der Waals surface area contributed by atoms with Crippen molar-refractivity contribution >= 4 is 12.0 Å². The quantitative estimate of drug-likeness (QED) is 0.768. The Morgan fingerprint density at radius 1 is 1.44 bits per heavy atom. The Balaban J connectivity index is 2.96. The summed E-state index contributed by atoms with van der Waals surface area (Å²) in [4.78, 5) is 10.6. The molecule has 0 aliphatic rings. The Morgan fingerprint density at radius 3 is 2.75 bits per heavy atom. The summed E-state index contributed by atoms with van der Waals surface area (Å²) in [7, 11) is 1.58. The molecule has 0 unspecified atom stereocenters. The van der Waals surface area contributed by atoms with Gasteiger partial charge in [-0.05, 0) is 30.7 Å². The number of methoxy groups -OCH3 is 1. The lowest BCUT2D eigenvalue weighted by molar-refractivity contribution is -0.113. The van der Waals surface area contributed by atoms with Gasteiger partial charge in [0, 0.05) is 6.08 Å². The first-order chi connectivity index (χ1) is 7.67. The van der Waals surface area contributed by atoms with Crippen LogP contribution in [0.15, 0.2) is 24.3 Å². The summed E-state index contributed by atoms with van der Waals surface area (Å²) in [6.07, 6.45) is 2.93. The maximum atomic E-state index is 10.6. The number of amides is 1. The van der Waals surface area contributed by atoms with Gasteiger partial charge in [0.2, 0.25) is 5.91 Å². The highest BCUT2D eigenvalue weighted by Gasteiger charge is 2.03. The number of hydrogen-bond acceptors (Lipinski definition) is 3. The number of nitrogens with two attached hydrogens (primary N) is 1. The molecule has 1 amide bonds. The standard InChI is InChI=1S/C12H15NO3/c1-3-16-11-8-9(5-7-12(13)14)4-6-10(11)15-2/h4-8H,3H2,1-2H3,(H2,13,14)/b7-5-. The van der Waals surface area contributed by atoms with Gasteiger partial charge in [-0.3, -0.25) is 4.79 Å². The monoisotopic (exact) mass is 221 g/mol. The van der Waals surface area contributed by atoms with E-state index in [0.29, 0.717) is 18.1 Å². The SMILES string of the molecule is CCOc1cc(/C=C\C(N)=O)ccc1OC. The highest BCUT2D eigenvalue weighted by atomic mass is 16.5. The third-order valence-electron chi connectivity index (χ3n) is 1.93.